The van der Waals surface area contributed by atoms with Crippen molar-refractivity contribution in [3.05, 3.63) is 12.2 Å². The van der Waals surface area contributed by atoms with Gasteiger partial charge in [-0.1, -0.05) is 19.9 Å². The largest absolute Gasteiger partial charge is 0.430 e. The SMILES string of the molecule is C=C(C)C(=O)OC(C)(O)C12CC3CC(CC(C3)C1CC)C2. The van der Waals surface area contributed by atoms with E-state index in [2.05, 4.69) is 13.5 Å². The molecule has 3 nitrogen and oxygen atoms in total. The smallest absolute Gasteiger partial charge is 0.335 e. The van der Waals surface area contributed by atoms with Gasteiger partial charge in [-0.05, 0) is 62.7 Å². The van der Waals surface area contributed by atoms with Gasteiger partial charge >= 0.3 is 5.97 Å². The summed E-state index contributed by atoms with van der Waals surface area (Å²) < 4.78 is 5.53. The Kier molecular flexibility index (Phi) is 3.47. The van der Waals surface area contributed by atoms with E-state index in [0.717, 1.165) is 19.3 Å². The number of aliphatic hydroxyl groups is 1. The third kappa shape index (κ3) is 2.16. The summed E-state index contributed by atoms with van der Waals surface area (Å²) in [6, 6.07) is 0. The Balaban J connectivity index is 1.93. The number of carbonyl (C=O) groups is 1. The summed E-state index contributed by atoms with van der Waals surface area (Å²) in [5.74, 6) is 0.750. The van der Waals surface area contributed by atoms with Crippen molar-refractivity contribution in [1.29, 1.82) is 0 Å². The fraction of sp³-hybridized carbons (Fsp3) is 0.833. The van der Waals surface area contributed by atoms with Crippen molar-refractivity contribution in [3.63, 3.8) is 0 Å². The number of hydrogen-bond acceptors (Lipinski definition) is 3. The molecular formula is C18H28O3. The molecule has 21 heavy (non-hydrogen) atoms. The lowest BCUT2D eigenvalue weighted by Crippen LogP contribution is -2.63. The highest BCUT2D eigenvalue weighted by Crippen LogP contribution is 2.67. The number of rotatable bonds is 4. The molecule has 4 unspecified atom stereocenters. The highest BCUT2D eigenvalue weighted by atomic mass is 16.7. The second-order valence-electron chi connectivity index (χ2n) is 7.93. The Bertz CT molecular complexity index is 451. The summed E-state index contributed by atoms with van der Waals surface area (Å²) >= 11 is 0. The molecule has 4 aliphatic rings. The van der Waals surface area contributed by atoms with Gasteiger partial charge < -0.3 is 9.84 Å². The van der Waals surface area contributed by atoms with Gasteiger partial charge in [0.25, 0.3) is 0 Å². The van der Waals surface area contributed by atoms with E-state index in [1.165, 1.54) is 19.3 Å². The first-order valence-corrected chi connectivity index (χ1v) is 8.40. The molecule has 1 N–H and O–H groups in total. The molecule has 118 valence electrons. The first kappa shape index (κ1) is 15.1. The van der Waals surface area contributed by atoms with Gasteiger partial charge in [0.05, 0.1) is 0 Å². The van der Waals surface area contributed by atoms with Crippen LogP contribution in [0, 0.1) is 29.1 Å². The summed E-state index contributed by atoms with van der Waals surface area (Å²) in [7, 11) is 0. The molecule has 4 aliphatic carbocycles. The second kappa shape index (κ2) is 4.84. The van der Waals surface area contributed by atoms with Gasteiger partial charge in [-0.25, -0.2) is 4.79 Å². The van der Waals surface area contributed by atoms with E-state index in [9.17, 15) is 9.90 Å². The Morgan fingerprint density at radius 2 is 1.90 bits per heavy atom. The minimum Gasteiger partial charge on any atom is -0.430 e. The van der Waals surface area contributed by atoms with Crippen LogP contribution in [0.25, 0.3) is 0 Å². The Morgan fingerprint density at radius 3 is 2.38 bits per heavy atom. The average Bonchev–Trinajstić information content (AvgIpc) is 2.36. The van der Waals surface area contributed by atoms with Gasteiger partial charge in [-0.15, -0.1) is 0 Å². The summed E-state index contributed by atoms with van der Waals surface area (Å²) in [6.07, 6.45) is 7.00. The minimum atomic E-state index is -1.38. The molecule has 3 heteroatoms. The highest BCUT2D eigenvalue weighted by Gasteiger charge is 2.64. The molecule has 0 radical (unpaired) electrons. The molecule has 4 atom stereocenters. The molecule has 4 saturated carbocycles. The van der Waals surface area contributed by atoms with Gasteiger partial charge in [-0.2, -0.15) is 0 Å². The maximum Gasteiger partial charge on any atom is 0.335 e. The Hall–Kier alpha value is -0.830. The average molecular weight is 292 g/mol. The first-order chi connectivity index (χ1) is 9.79. The quantitative estimate of drug-likeness (QED) is 0.488. The molecule has 4 fully saturated rings. The van der Waals surface area contributed by atoms with Crippen LogP contribution >= 0.6 is 0 Å². The zero-order valence-corrected chi connectivity index (χ0v) is 13.5. The van der Waals surface area contributed by atoms with Crippen LogP contribution < -0.4 is 0 Å². The topological polar surface area (TPSA) is 46.5 Å². The van der Waals surface area contributed by atoms with Crippen LogP contribution in [-0.4, -0.2) is 16.9 Å². The number of esters is 1. The second-order valence-corrected chi connectivity index (χ2v) is 7.93. The summed E-state index contributed by atoms with van der Waals surface area (Å²) in [4.78, 5) is 12.0. The first-order valence-electron chi connectivity index (χ1n) is 8.40. The predicted octanol–water partition coefficient (Wildman–Crippen LogP) is 3.67. The van der Waals surface area contributed by atoms with Crippen molar-refractivity contribution in [2.45, 2.75) is 65.1 Å². The van der Waals surface area contributed by atoms with Crippen molar-refractivity contribution in [2.24, 2.45) is 29.1 Å². The van der Waals surface area contributed by atoms with Gasteiger partial charge in [0.15, 0.2) is 0 Å². The molecule has 0 heterocycles. The van der Waals surface area contributed by atoms with Crippen molar-refractivity contribution in [2.75, 3.05) is 0 Å². The number of carbonyl (C=O) groups excluding carboxylic acids is 1. The minimum absolute atomic E-state index is 0.248. The van der Waals surface area contributed by atoms with Crippen LogP contribution in [0.5, 0.6) is 0 Å². The molecule has 0 aromatic rings. The zero-order chi connectivity index (χ0) is 15.4. The van der Waals surface area contributed by atoms with Crippen LogP contribution in [0.3, 0.4) is 0 Å². The standard InChI is InChI=1S/C18H28O3/c1-5-15-14-7-12-6-13(8-14)10-18(15,9-12)17(4,20)21-16(19)11(2)3/h12-15,20H,2,5-10H2,1,3-4H3. The van der Waals surface area contributed by atoms with Crippen molar-refractivity contribution in [3.8, 4) is 0 Å². The lowest BCUT2D eigenvalue weighted by atomic mass is 9.42. The van der Waals surface area contributed by atoms with Gasteiger partial charge in [-0.3, -0.25) is 0 Å². The molecule has 4 rings (SSSR count). The van der Waals surface area contributed by atoms with Crippen LogP contribution in [0.4, 0.5) is 0 Å². The van der Waals surface area contributed by atoms with Crippen LogP contribution in [0.15, 0.2) is 12.2 Å². The van der Waals surface area contributed by atoms with E-state index in [4.69, 9.17) is 4.74 Å². The molecule has 0 aliphatic heterocycles. The Labute approximate surface area is 127 Å². The highest BCUT2D eigenvalue weighted by molar-refractivity contribution is 5.87. The molecule has 0 aromatic carbocycles. The van der Waals surface area contributed by atoms with Gasteiger partial charge in [0.2, 0.25) is 5.79 Å². The monoisotopic (exact) mass is 292 g/mol. The molecule has 0 aromatic heterocycles. The maximum atomic E-state index is 12.0. The summed E-state index contributed by atoms with van der Waals surface area (Å²) in [6.45, 7) is 9.20. The van der Waals surface area contributed by atoms with E-state index in [-0.39, 0.29) is 5.41 Å². The number of ether oxygens (including phenoxy) is 1. The van der Waals surface area contributed by atoms with Crippen LogP contribution in [0.2, 0.25) is 0 Å². The summed E-state index contributed by atoms with van der Waals surface area (Å²) in [5, 5.41) is 11.1. The fourth-order valence-electron chi connectivity index (χ4n) is 5.96. The van der Waals surface area contributed by atoms with Gasteiger partial charge in [0, 0.05) is 17.9 Å². The van der Waals surface area contributed by atoms with E-state index in [1.807, 2.05) is 0 Å². The van der Waals surface area contributed by atoms with E-state index in [1.54, 1.807) is 13.8 Å². The Morgan fingerprint density at radius 1 is 1.33 bits per heavy atom. The fourth-order valence-corrected chi connectivity index (χ4v) is 5.96. The maximum absolute atomic E-state index is 12.0. The number of hydrogen-bond donors (Lipinski definition) is 1. The molecule has 0 amide bonds. The predicted molar refractivity (Wildman–Crippen MR) is 81.3 cm³/mol. The molecule has 0 spiro atoms. The summed E-state index contributed by atoms with van der Waals surface area (Å²) in [5.41, 5.74) is 0.106. The van der Waals surface area contributed by atoms with Gasteiger partial charge in [0.1, 0.15) is 0 Å². The van der Waals surface area contributed by atoms with E-state index in [0.29, 0.717) is 29.2 Å². The lowest BCUT2D eigenvalue weighted by molar-refractivity contribution is -0.305. The lowest BCUT2D eigenvalue weighted by Gasteiger charge is -2.64. The van der Waals surface area contributed by atoms with Crippen molar-refractivity contribution < 1.29 is 14.6 Å². The van der Waals surface area contributed by atoms with Crippen LogP contribution in [-0.2, 0) is 9.53 Å². The third-order valence-corrected chi connectivity index (χ3v) is 6.53. The normalized spacial score (nSPS) is 43.4. The van der Waals surface area contributed by atoms with Crippen molar-refractivity contribution in [1.82, 2.24) is 0 Å². The van der Waals surface area contributed by atoms with E-state index < -0.39 is 11.8 Å². The molecule has 0 saturated heterocycles. The van der Waals surface area contributed by atoms with E-state index >= 15 is 0 Å². The molecule has 4 bridgehead atoms. The third-order valence-electron chi connectivity index (χ3n) is 6.53. The zero-order valence-electron chi connectivity index (χ0n) is 13.5. The van der Waals surface area contributed by atoms with Crippen LogP contribution in [0.1, 0.15) is 59.3 Å². The molecular weight excluding hydrogens is 264 g/mol. The van der Waals surface area contributed by atoms with Crippen molar-refractivity contribution >= 4 is 5.97 Å².